The molecule has 0 spiro atoms. The van der Waals surface area contributed by atoms with Crippen LogP contribution in [0.5, 0.6) is 5.75 Å². The predicted molar refractivity (Wildman–Crippen MR) is 80.9 cm³/mol. The van der Waals surface area contributed by atoms with Gasteiger partial charge in [-0.05, 0) is 18.1 Å². The molecule has 0 aliphatic heterocycles. The number of para-hydroxylation sites is 1. The second kappa shape index (κ2) is 8.48. The molecule has 21 heavy (non-hydrogen) atoms. The molecule has 0 heterocycles. The fraction of sp³-hybridized carbons (Fsp3) is 0.462. The zero-order chi connectivity index (χ0) is 15.7. The van der Waals surface area contributed by atoms with Crippen LogP contribution in [0.15, 0.2) is 24.3 Å². The molecule has 0 unspecified atom stereocenters. The number of hydrogen-bond donors (Lipinski definition) is 3. The van der Waals surface area contributed by atoms with Gasteiger partial charge in [-0.15, -0.1) is 0 Å². The standard InChI is InChI=1S/C13H21N3O4S/c1-20-12-6-4-3-5-11(12)7-8-14-13(17)15-9-10-16-21(2,18)19/h3-6,16H,7-10H2,1-2H3,(H2,14,15,17). The molecule has 0 atom stereocenters. The van der Waals surface area contributed by atoms with Crippen molar-refractivity contribution in [2.45, 2.75) is 6.42 Å². The number of nitrogens with one attached hydrogen (secondary N) is 3. The van der Waals surface area contributed by atoms with Crippen molar-refractivity contribution in [1.29, 1.82) is 0 Å². The molecule has 2 amide bonds. The Morgan fingerprint density at radius 1 is 1.14 bits per heavy atom. The van der Waals surface area contributed by atoms with Gasteiger partial charge >= 0.3 is 6.03 Å². The highest BCUT2D eigenvalue weighted by Gasteiger charge is 2.04. The number of amides is 2. The van der Waals surface area contributed by atoms with Gasteiger partial charge < -0.3 is 15.4 Å². The minimum Gasteiger partial charge on any atom is -0.496 e. The summed E-state index contributed by atoms with van der Waals surface area (Å²) in [6.07, 6.45) is 1.72. The fourth-order valence-electron chi connectivity index (χ4n) is 1.70. The monoisotopic (exact) mass is 315 g/mol. The first-order valence-electron chi connectivity index (χ1n) is 6.50. The van der Waals surface area contributed by atoms with E-state index in [0.717, 1.165) is 17.6 Å². The highest BCUT2D eigenvalue weighted by molar-refractivity contribution is 7.88. The van der Waals surface area contributed by atoms with Crippen molar-refractivity contribution < 1.29 is 17.9 Å². The number of rotatable bonds is 8. The number of methoxy groups -OCH3 is 1. The van der Waals surface area contributed by atoms with Crippen LogP contribution in [0.4, 0.5) is 4.79 Å². The SMILES string of the molecule is COc1ccccc1CCNC(=O)NCCNS(C)(=O)=O. The van der Waals surface area contributed by atoms with E-state index in [0.29, 0.717) is 13.0 Å². The summed E-state index contributed by atoms with van der Waals surface area (Å²) in [7, 11) is -1.61. The van der Waals surface area contributed by atoms with Crippen LogP contribution in [0.25, 0.3) is 0 Å². The average molecular weight is 315 g/mol. The lowest BCUT2D eigenvalue weighted by molar-refractivity contribution is 0.241. The molecule has 118 valence electrons. The fourth-order valence-corrected chi connectivity index (χ4v) is 2.17. The first kappa shape index (κ1) is 17.3. The maximum Gasteiger partial charge on any atom is 0.314 e. The van der Waals surface area contributed by atoms with Crippen molar-refractivity contribution in [3.8, 4) is 5.75 Å². The number of urea groups is 1. The van der Waals surface area contributed by atoms with Crippen LogP contribution < -0.4 is 20.1 Å². The summed E-state index contributed by atoms with van der Waals surface area (Å²) in [4.78, 5) is 11.5. The molecule has 0 saturated heterocycles. The van der Waals surface area contributed by atoms with Gasteiger partial charge in [-0.3, -0.25) is 0 Å². The summed E-state index contributed by atoms with van der Waals surface area (Å²) in [5.41, 5.74) is 1.01. The van der Waals surface area contributed by atoms with Gasteiger partial charge in [-0.2, -0.15) is 0 Å². The third-order valence-corrected chi connectivity index (χ3v) is 3.38. The van der Waals surface area contributed by atoms with Crippen molar-refractivity contribution in [2.75, 3.05) is 33.0 Å². The zero-order valence-corrected chi connectivity index (χ0v) is 13.0. The van der Waals surface area contributed by atoms with Gasteiger partial charge in [0.25, 0.3) is 0 Å². The van der Waals surface area contributed by atoms with Crippen molar-refractivity contribution >= 4 is 16.1 Å². The zero-order valence-electron chi connectivity index (χ0n) is 12.2. The quantitative estimate of drug-likeness (QED) is 0.592. The van der Waals surface area contributed by atoms with Crippen LogP contribution in [-0.4, -0.2) is 47.4 Å². The molecule has 0 fully saturated rings. The lowest BCUT2D eigenvalue weighted by Gasteiger charge is -2.10. The van der Waals surface area contributed by atoms with E-state index in [-0.39, 0.29) is 19.1 Å². The molecular weight excluding hydrogens is 294 g/mol. The molecule has 0 aliphatic rings. The van der Waals surface area contributed by atoms with Crippen LogP contribution in [0.1, 0.15) is 5.56 Å². The third-order valence-electron chi connectivity index (χ3n) is 2.65. The van der Waals surface area contributed by atoms with Gasteiger partial charge in [-0.1, -0.05) is 18.2 Å². The van der Waals surface area contributed by atoms with Gasteiger partial charge in [-0.25, -0.2) is 17.9 Å². The molecule has 1 aromatic rings. The molecule has 0 aromatic heterocycles. The number of carbonyl (C=O) groups excluding carboxylic acids is 1. The molecule has 0 radical (unpaired) electrons. The number of benzene rings is 1. The molecule has 1 rings (SSSR count). The summed E-state index contributed by atoms with van der Waals surface area (Å²) in [5, 5.41) is 5.26. The van der Waals surface area contributed by atoms with Crippen LogP contribution >= 0.6 is 0 Å². The van der Waals surface area contributed by atoms with E-state index in [1.807, 2.05) is 24.3 Å². The van der Waals surface area contributed by atoms with E-state index in [2.05, 4.69) is 15.4 Å². The second-order valence-corrected chi connectivity index (χ2v) is 6.24. The number of sulfonamides is 1. The smallest absolute Gasteiger partial charge is 0.314 e. The van der Waals surface area contributed by atoms with E-state index in [4.69, 9.17) is 4.74 Å². The normalized spacial score (nSPS) is 11.0. The predicted octanol–water partition coefficient (Wildman–Crippen LogP) is 0.0861. The van der Waals surface area contributed by atoms with E-state index in [9.17, 15) is 13.2 Å². The first-order chi connectivity index (χ1) is 9.92. The topological polar surface area (TPSA) is 96.5 Å². The molecule has 7 nitrogen and oxygen atoms in total. The highest BCUT2D eigenvalue weighted by Crippen LogP contribution is 2.16. The summed E-state index contributed by atoms with van der Waals surface area (Å²) in [5.74, 6) is 0.789. The summed E-state index contributed by atoms with van der Waals surface area (Å²) >= 11 is 0. The lowest BCUT2D eigenvalue weighted by Crippen LogP contribution is -2.40. The highest BCUT2D eigenvalue weighted by atomic mass is 32.2. The Morgan fingerprint density at radius 2 is 1.81 bits per heavy atom. The maximum atomic E-state index is 11.5. The van der Waals surface area contributed by atoms with Crippen molar-refractivity contribution in [2.24, 2.45) is 0 Å². The molecular formula is C13H21N3O4S. The third kappa shape index (κ3) is 7.52. The second-order valence-electron chi connectivity index (χ2n) is 4.41. The van der Waals surface area contributed by atoms with Crippen LogP contribution in [-0.2, 0) is 16.4 Å². The molecule has 0 aliphatic carbocycles. The van der Waals surface area contributed by atoms with Crippen molar-refractivity contribution in [3.63, 3.8) is 0 Å². The molecule has 3 N–H and O–H groups in total. The lowest BCUT2D eigenvalue weighted by atomic mass is 10.1. The van der Waals surface area contributed by atoms with Gasteiger partial charge in [0.15, 0.2) is 0 Å². The summed E-state index contributed by atoms with van der Waals surface area (Å²) in [6, 6.07) is 7.27. The Hall–Kier alpha value is -1.80. The van der Waals surface area contributed by atoms with E-state index in [1.165, 1.54) is 0 Å². The first-order valence-corrected chi connectivity index (χ1v) is 8.40. The Morgan fingerprint density at radius 3 is 2.48 bits per heavy atom. The maximum absolute atomic E-state index is 11.5. The Labute approximate surface area is 125 Å². The van der Waals surface area contributed by atoms with Crippen LogP contribution in [0.3, 0.4) is 0 Å². The van der Waals surface area contributed by atoms with Gasteiger partial charge in [0.2, 0.25) is 10.0 Å². The Balaban J connectivity index is 2.22. The van der Waals surface area contributed by atoms with Gasteiger partial charge in [0.1, 0.15) is 5.75 Å². The largest absolute Gasteiger partial charge is 0.496 e. The van der Waals surface area contributed by atoms with E-state index < -0.39 is 10.0 Å². The Kier molecular flexibility index (Phi) is 6.97. The molecule has 1 aromatic carbocycles. The van der Waals surface area contributed by atoms with Gasteiger partial charge in [0.05, 0.1) is 13.4 Å². The minimum atomic E-state index is -3.22. The number of carbonyl (C=O) groups is 1. The average Bonchev–Trinajstić information content (AvgIpc) is 2.43. The molecule has 0 saturated carbocycles. The summed E-state index contributed by atoms with van der Waals surface area (Å²) in [6.45, 7) is 0.859. The van der Waals surface area contributed by atoms with Crippen LogP contribution in [0.2, 0.25) is 0 Å². The van der Waals surface area contributed by atoms with Crippen LogP contribution in [0, 0.1) is 0 Å². The summed E-state index contributed by atoms with van der Waals surface area (Å²) < 4.78 is 29.1. The molecule has 8 heteroatoms. The van der Waals surface area contributed by atoms with E-state index in [1.54, 1.807) is 7.11 Å². The molecule has 0 bridgehead atoms. The van der Waals surface area contributed by atoms with Crippen molar-refractivity contribution in [3.05, 3.63) is 29.8 Å². The van der Waals surface area contributed by atoms with Crippen molar-refractivity contribution in [1.82, 2.24) is 15.4 Å². The number of ether oxygens (including phenoxy) is 1. The minimum absolute atomic E-state index is 0.165. The number of hydrogen-bond acceptors (Lipinski definition) is 4. The Bertz CT molecular complexity index is 560. The van der Waals surface area contributed by atoms with Gasteiger partial charge in [0, 0.05) is 19.6 Å². The van der Waals surface area contributed by atoms with E-state index >= 15 is 0 Å².